The van der Waals surface area contributed by atoms with Crippen LogP contribution >= 0.6 is 11.8 Å². The van der Waals surface area contributed by atoms with Gasteiger partial charge in [0.2, 0.25) is 0 Å². The number of thioether (sulfide) groups is 1. The molecule has 0 bridgehead atoms. The topological polar surface area (TPSA) is 47.8 Å². The van der Waals surface area contributed by atoms with Gasteiger partial charge >= 0.3 is 0 Å². The van der Waals surface area contributed by atoms with Crippen molar-refractivity contribution < 1.29 is 4.79 Å². The van der Waals surface area contributed by atoms with E-state index in [0.29, 0.717) is 5.75 Å². The molecule has 0 saturated carbocycles. The lowest BCUT2D eigenvalue weighted by atomic mass is 10.0. The van der Waals surface area contributed by atoms with Gasteiger partial charge in [-0.2, -0.15) is 0 Å². The van der Waals surface area contributed by atoms with E-state index in [9.17, 15) is 4.79 Å². The predicted molar refractivity (Wildman–Crippen MR) is 105 cm³/mol. The highest BCUT2D eigenvalue weighted by molar-refractivity contribution is 7.99. The van der Waals surface area contributed by atoms with Crippen LogP contribution in [0.1, 0.15) is 34.8 Å². The smallest absolute Gasteiger partial charge is 0.191 e. The van der Waals surface area contributed by atoms with Gasteiger partial charge in [0, 0.05) is 17.7 Å². The Kier molecular flexibility index (Phi) is 4.89. The number of carbonyl (C=O) groups excluding carboxylic acids is 1. The molecule has 1 aromatic heterocycles. The first-order valence-electron chi connectivity index (χ1n) is 9.02. The zero-order chi connectivity index (χ0) is 17.9. The summed E-state index contributed by atoms with van der Waals surface area (Å²) in [5, 5.41) is 9.44. The minimum Gasteiger partial charge on any atom is -0.302 e. The van der Waals surface area contributed by atoms with Crippen LogP contribution in [0, 0.1) is 0 Å². The van der Waals surface area contributed by atoms with Gasteiger partial charge < -0.3 is 4.57 Å². The molecule has 0 fully saturated rings. The van der Waals surface area contributed by atoms with E-state index >= 15 is 0 Å². The van der Waals surface area contributed by atoms with Crippen molar-refractivity contribution in [1.29, 1.82) is 0 Å². The number of aromatic nitrogens is 3. The van der Waals surface area contributed by atoms with E-state index in [1.54, 1.807) is 0 Å². The van der Waals surface area contributed by atoms with E-state index in [2.05, 4.69) is 33.8 Å². The average Bonchev–Trinajstić information content (AvgIpc) is 3.32. The third kappa shape index (κ3) is 3.31. The lowest BCUT2D eigenvalue weighted by molar-refractivity contribution is 0.102. The van der Waals surface area contributed by atoms with Gasteiger partial charge in [-0.1, -0.05) is 54.2 Å². The van der Waals surface area contributed by atoms with Gasteiger partial charge in [0.15, 0.2) is 16.8 Å². The number of carbonyl (C=O) groups is 1. The Hall–Kier alpha value is -2.40. The molecule has 1 heterocycles. The number of rotatable bonds is 6. The van der Waals surface area contributed by atoms with E-state index in [0.717, 1.165) is 41.5 Å². The zero-order valence-corrected chi connectivity index (χ0v) is 15.6. The summed E-state index contributed by atoms with van der Waals surface area (Å²) in [6.45, 7) is 2.84. The Morgan fingerprint density at radius 2 is 1.88 bits per heavy atom. The Balaban J connectivity index is 1.49. The second-order valence-corrected chi connectivity index (χ2v) is 7.41. The summed E-state index contributed by atoms with van der Waals surface area (Å²) in [5.41, 5.74) is 4.58. The molecule has 0 aliphatic heterocycles. The number of aryl methyl sites for hydroxylation is 2. The first-order chi connectivity index (χ1) is 12.8. The first-order valence-corrected chi connectivity index (χ1v) is 10.0. The molecule has 4 rings (SSSR count). The van der Waals surface area contributed by atoms with Crippen LogP contribution in [0.25, 0.3) is 11.4 Å². The monoisotopic (exact) mass is 363 g/mol. The van der Waals surface area contributed by atoms with E-state index in [1.807, 2.05) is 36.4 Å². The average molecular weight is 363 g/mol. The van der Waals surface area contributed by atoms with Crippen molar-refractivity contribution in [2.45, 2.75) is 37.9 Å². The highest BCUT2D eigenvalue weighted by atomic mass is 32.2. The maximum atomic E-state index is 12.6. The second kappa shape index (κ2) is 7.46. The molecule has 4 nitrogen and oxygen atoms in total. The summed E-state index contributed by atoms with van der Waals surface area (Å²) in [6, 6.07) is 16.2. The van der Waals surface area contributed by atoms with Crippen LogP contribution in [0.2, 0.25) is 0 Å². The molecule has 132 valence electrons. The van der Waals surface area contributed by atoms with Crippen molar-refractivity contribution >= 4 is 17.5 Å². The molecule has 0 radical (unpaired) electrons. The number of ketones is 1. The molecule has 0 saturated heterocycles. The van der Waals surface area contributed by atoms with Gasteiger partial charge in [-0.05, 0) is 43.4 Å². The highest BCUT2D eigenvalue weighted by Gasteiger charge is 2.17. The van der Waals surface area contributed by atoms with Gasteiger partial charge in [-0.3, -0.25) is 4.79 Å². The molecule has 26 heavy (non-hydrogen) atoms. The molecule has 0 unspecified atom stereocenters. The maximum Gasteiger partial charge on any atom is 0.191 e. The summed E-state index contributed by atoms with van der Waals surface area (Å²) in [7, 11) is 0. The van der Waals surface area contributed by atoms with Gasteiger partial charge in [0.25, 0.3) is 0 Å². The lowest BCUT2D eigenvalue weighted by Crippen LogP contribution is -2.06. The molecule has 0 spiro atoms. The van der Waals surface area contributed by atoms with Gasteiger partial charge in [0.05, 0.1) is 5.75 Å². The summed E-state index contributed by atoms with van der Waals surface area (Å²) < 4.78 is 2.07. The Morgan fingerprint density at radius 1 is 1.08 bits per heavy atom. The summed E-state index contributed by atoms with van der Waals surface area (Å²) >= 11 is 1.46. The van der Waals surface area contributed by atoms with Crippen molar-refractivity contribution in [3.05, 3.63) is 65.2 Å². The van der Waals surface area contributed by atoms with Crippen LogP contribution in [0.15, 0.2) is 53.7 Å². The molecule has 3 aromatic rings. The second-order valence-electron chi connectivity index (χ2n) is 6.47. The highest BCUT2D eigenvalue weighted by Crippen LogP contribution is 2.26. The van der Waals surface area contributed by atoms with Crippen LogP contribution in [0.4, 0.5) is 0 Å². The van der Waals surface area contributed by atoms with Crippen LogP contribution < -0.4 is 0 Å². The minimum absolute atomic E-state index is 0.150. The number of fused-ring (bicyclic) bond motifs is 1. The lowest BCUT2D eigenvalue weighted by Gasteiger charge is -2.07. The van der Waals surface area contributed by atoms with E-state index in [-0.39, 0.29) is 5.78 Å². The van der Waals surface area contributed by atoms with E-state index in [4.69, 9.17) is 0 Å². The molecular weight excluding hydrogens is 342 g/mol. The number of hydrogen-bond acceptors (Lipinski definition) is 4. The minimum atomic E-state index is 0.150. The third-order valence-electron chi connectivity index (χ3n) is 4.82. The van der Waals surface area contributed by atoms with E-state index in [1.165, 1.54) is 29.3 Å². The van der Waals surface area contributed by atoms with Crippen LogP contribution in [-0.2, 0) is 19.4 Å². The molecule has 1 aliphatic carbocycles. The maximum absolute atomic E-state index is 12.6. The summed E-state index contributed by atoms with van der Waals surface area (Å²) in [6.07, 6.45) is 3.43. The van der Waals surface area contributed by atoms with E-state index < -0.39 is 0 Å². The largest absolute Gasteiger partial charge is 0.302 e. The molecule has 0 amide bonds. The number of Topliss-reactive ketones (excluding diaryl/α,β-unsaturated/α-hetero) is 1. The fourth-order valence-corrected chi connectivity index (χ4v) is 4.34. The van der Waals surface area contributed by atoms with Crippen molar-refractivity contribution in [3.8, 4) is 11.4 Å². The molecule has 2 aromatic carbocycles. The fraction of sp³-hybridized carbons (Fsp3) is 0.286. The van der Waals surface area contributed by atoms with Gasteiger partial charge in [-0.25, -0.2) is 0 Å². The van der Waals surface area contributed by atoms with Crippen molar-refractivity contribution in [2.75, 3.05) is 5.75 Å². The van der Waals surface area contributed by atoms with Crippen molar-refractivity contribution in [1.82, 2.24) is 14.8 Å². The normalized spacial score (nSPS) is 13.0. The SMILES string of the molecule is CCn1c(SCC(=O)c2ccc3c(c2)CCC3)nnc1-c1ccccc1. The molecule has 1 aliphatic rings. The quantitative estimate of drug-likeness (QED) is 0.480. The molecule has 5 heteroatoms. The van der Waals surface area contributed by atoms with Crippen LogP contribution in [0.5, 0.6) is 0 Å². The molecule has 0 atom stereocenters. The zero-order valence-electron chi connectivity index (χ0n) is 14.8. The van der Waals surface area contributed by atoms with Crippen molar-refractivity contribution in [3.63, 3.8) is 0 Å². The Morgan fingerprint density at radius 3 is 2.69 bits per heavy atom. The number of benzene rings is 2. The summed E-state index contributed by atoms with van der Waals surface area (Å²) in [4.78, 5) is 12.6. The first kappa shape index (κ1) is 17.0. The predicted octanol–water partition coefficient (Wildman–Crippen LogP) is 4.43. The Labute approximate surface area is 157 Å². The summed E-state index contributed by atoms with van der Waals surface area (Å²) in [5.74, 6) is 1.38. The van der Waals surface area contributed by atoms with Crippen LogP contribution in [-0.4, -0.2) is 26.3 Å². The number of hydrogen-bond donors (Lipinski definition) is 0. The molecular formula is C21H21N3OS. The van der Waals surface area contributed by atoms with Crippen molar-refractivity contribution in [2.24, 2.45) is 0 Å². The third-order valence-corrected chi connectivity index (χ3v) is 5.78. The van der Waals surface area contributed by atoms with Crippen LogP contribution in [0.3, 0.4) is 0 Å². The number of nitrogens with zero attached hydrogens (tertiary/aromatic N) is 3. The van der Waals surface area contributed by atoms with Gasteiger partial charge in [0.1, 0.15) is 0 Å². The standard InChI is InChI=1S/C21H21N3OS/c1-2-24-20(16-7-4-3-5-8-16)22-23-21(24)26-14-19(25)18-12-11-15-9-6-10-17(15)13-18/h3-5,7-8,11-13H,2,6,9-10,14H2,1H3. The molecule has 0 N–H and O–H groups in total. The fourth-order valence-electron chi connectivity index (χ4n) is 3.44. The Bertz CT molecular complexity index is 934. The van der Waals surface area contributed by atoms with Gasteiger partial charge in [-0.15, -0.1) is 10.2 Å².